The number of aryl methyl sites for hydroxylation is 2. The molecule has 1 fully saturated rings. The van der Waals surface area contributed by atoms with Gasteiger partial charge >= 0.3 is 0 Å². The number of rotatable bonds is 4. The van der Waals surface area contributed by atoms with Crippen LogP contribution in [0.1, 0.15) is 17.5 Å². The lowest BCUT2D eigenvalue weighted by molar-refractivity contribution is -0.122. The average Bonchev–Trinajstić information content (AvgIpc) is 3.22. The summed E-state index contributed by atoms with van der Waals surface area (Å²) >= 11 is 1.21. The number of carbonyl (C=O) groups excluding carboxylic acids is 2. The number of benzene rings is 2. The Morgan fingerprint density at radius 3 is 2.53 bits per heavy atom. The van der Waals surface area contributed by atoms with Gasteiger partial charge < -0.3 is 10.2 Å². The number of fused-ring (bicyclic) bond motifs is 1. The number of nitrogens with zero attached hydrogens (tertiary/aromatic N) is 2. The zero-order valence-corrected chi connectivity index (χ0v) is 18.4. The fourth-order valence-electron chi connectivity index (χ4n) is 3.64. The van der Waals surface area contributed by atoms with Crippen molar-refractivity contribution in [2.24, 2.45) is 5.92 Å². The van der Waals surface area contributed by atoms with Crippen molar-refractivity contribution in [3.8, 4) is 0 Å². The summed E-state index contributed by atoms with van der Waals surface area (Å²) in [5.74, 6) is -0.822. The SMILES string of the molecule is Cc1cc(C)cc(N2CC(C(=O)Nc3nc4ccc(S(C)(=O)=O)cc4s3)CC2=O)c1. The first kappa shape index (κ1) is 20.5. The number of aromatic nitrogens is 1. The maximum absolute atomic E-state index is 12.8. The standard InChI is InChI=1S/C21H21N3O4S2/c1-12-6-13(2)8-15(7-12)24-11-14(9-19(24)25)20(26)23-21-22-17-5-4-16(30(3,27)28)10-18(17)29-21/h4-8,10,14H,9,11H2,1-3H3,(H,22,23,26). The summed E-state index contributed by atoms with van der Waals surface area (Å²) in [6.45, 7) is 4.27. The number of anilines is 2. The number of nitrogens with one attached hydrogen (secondary N) is 1. The molecule has 0 aliphatic carbocycles. The van der Waals surface area contributed by atoms with Crippen LogP contribution in [-0.4, -0.2) is 38.0 Å². The van der Waals surface area contributed by atoms with Gasteiger partial charge in [0.1, 0.15) is 0 Å². The highest BCUT2D eigenvalue weighted by Gasteiger charge is 2.35. The first-order valence-electron chi connectivity index (χ1n) is 9.40. The summed E-state index contributed by atoms with van der Waals surface area (Å²) in [6.07, 6.45) is 1.29. The monoisotopic (exact) mass is 443 g/mol. The molecular weight excluding hydrogens is 422 g/mol. The van der Waals surface area contributed by atoms with E-state index in [-0.39, 0.29) is 23.1 Å². The van der Waals surface area contributed by atoms with E-state index in [1.54, 1.807) is 17.0 Å². The maximum Gasteiger partial charge on any atom is 0.231 e. The maximum atomic E-state index is 12.8. The largest absolute Gasteiger partial charge is 0.312 e. The minimum atomic E-state index is -3.32. The van der Waals surface area contributed by atoms with Gasteiger partial charge in [-0.1, -0.05) is 17.4 Å². The van der Waals surface area contributed by atoms with Crippen LogP contribution in [0.4, 0.5) is 10.8 Å². The molecule has 1 atom stereocenters. The second-order valence-corrected chi connectivity index (χ2v) is 10.7. The summed E-state index contributed by atoms with van der Waals surface area (Å²) in [4.78, 5) is 31.5. The molecule has 0 spiro atoms. The van der Waals surface area contributed by atoms with Gasteiger partial charge in [-0.15, -0.1) is 0 Å². The van der Waals surface area contributed by atoms with E-state index in [0.717, 1.165) is 23.1 Å². The summed E-state index contributed by atoms with van der Waals surface area (Å²) in [7, 11) is -3.32. The summed E-state index contributed by atoms with van der Waals surface area (Å²) < 4.78 is 24.1. The highest BCUT2D eigenvalue weighted by atomic mass is 32.2. The minimum Gasteiger partial charge on any atom is -0.312 e. The van der Waals surface area contributed by atoms with E-state index >= 15 is 0 Å². The molecule has 1 aliphatic heterocycles. The zero-order valence-electron chi connectivity index (χ0n) is 16.8. The van der Waals surface area contributed by atoms with Crippen LogP contribution in [0, 0.1) is 19.8 Å². The molecule has 0 bridgehead atoms. The molecular formula is C21H21N3O4S2. The van der Waals surface area contributed by atoms with Gasteiger partial charge in [-0.25, -0.2) is 13.4 Å². The summed E-state index contributed by atoms with van der Waals surface area (Å²) in [5.41, 5.74) is 3.55. The number of amides is 2. The fraction of sp³-hybridized carbons (Fsp3) is 0.286. The van der Waals surface area contributed by atoms with E-state index in [9.17, 15) is 18.0 Å². The van der Waals surface area contributed by atoms with Crippen LogP contribution in [0.5, 0.6) is 0 Å². The molecule has 4 rings (SSSR count). The van der Waals surface area contributed by atoms with Gasteiger partial charge in [-0.05, 0) is 55.3 Å². The van der Waals surface area contributed by atoms with Crippen molar-refractivity contribution in [1.29, 1.82) is 0 Å². The van der Waals surface area contributed by atoms with Crippen LogP contribution >= 0.6 is 11.3 Å². The van der Waals surface area contributed by atoms with E-state index in [4.69, 9.17) is 0 Å². The van der Waals surface area contributed by atoms with Crippen LogP contribution in [0.15, 0.2) is 41.3 Å². The van der Waals surface area contributed by atoms with Crippen LogP contribution < -0.4 is 10.2 Å². The molecule has 3 aromatic rings. The molecule has 1 aromatic heterocycles. The Hall–Kier alpha value is -2.78. The number of hydrogen-bond donors (Lipinski definition) is 1. The topological polar surface area (TPSA) is 96.4 Å². The third kappa shape index (κ3) is 4.08. The molecule has 2 heterocycles. The third-order valence-corrected chi connectivity index (χ3v) is 7.08. The molecule has 9 heteroatoms. The van der Waals surface area contributed by atoms with E-state index in [1.807, 2.05) is 32.0 Å². The van der Waals surface area contributed by atoms with Crippen molar-refractivity contribution in [2.45, 2.75) is 25.2 Å². The van der Waals surface area contributed by atoms with Crippen LogP contribution in [0.3, 0.4) is 0 Å². The summed E-state index contributed by atoms with van der Waals surface area (Å²) in [6, 6.07) is 10.6. The lowest BCUT2D eigenvalue weighted by atomic mass is 10.1. The van der Waals surface area contributed by atoms with Gasteiger partial charge in [-0.3, -0.25) is 9.59 Å². The molecule has 2 amide bonds. The van der Waals surface area contributed by atoms with E-state index in [2.05, 4.69) is 10.3 Å². The Kier molecular flexibility index (Phi) is 5.11. The lowest BCUT2D eigenvalue weighted by Gasteiger charge is -2.18. The first-order chi connectivity index (χ1) is 14.1. The Balaban J connectivity index is 1.51. The van der Waals surface area contributed by atoms with Crippen molar-refractivity contribution in [1.82, 2.24) is 4.98 Å². The molecule has 7 nitrogen and oxygen atoms in total. The smallest absolute Gasteiger partial charge is 0.231 e. The van der Waals surface area contributed by atoms with E-state index in [0.29, 0.717) is 21.9 Å². The van der Waals surface area contributed by atoms with Gasteiger partial charge in [-0.2, -0.15) is 0 Å². The molecule has 1 unspecified atom stereocenters. The second kappa shape index (κ2) is 7.48. The van der Waals surface area contributed by atoms with Gasteiger partial charge in [0.15, 0.2) is 15.0 Å². The second-order valence-electron chi connectivity index (χ2n) is 7.66. The zero-order chi connectivity index (χ0) is 21.6. The van der Waals surface area contributed by atoms with Crippen LogP contribution in [0.25, 0.3) is 10.2 Å². The number of sulfone groups is 1. The number of thiazole rings is 1. The molecule has 156 valence electrons. The van der Waals surface area contributed by atoms with Crippen molar-refractivity contribution in [2.75, 3.05) is 23.0 Å². The lowest BCUT2D eigenvalue weighted by Crippen LogP contribution is -2.28. The van der Waals surface area contributed by atoms with Crippen LogP contribution in [0.2, 0.25) is 0 Å². The highest BCUT2D eigenvalue weighted by Crippen LogP contribution is 2.31. The molecule has 1 N–H and O–H groups in total. The third-order valence-electron chi connectivity index (χ3n) is 5.03. The first-order valence-corrected chi connectivity index (χ1v) is 12.1. The highest BCUT2D eigenvalue weighted by molar-refractivity contribution is 7.90. The molecule has 1 saturated heterocycles. The number of hydrogen-bond acceptors (Lipinski definition) is 6. The van der Waals surface area contributed by atoms with Crippen molar-refractivity contribution in [3.63, 3.8) is 0 Å². The predicted molar refractivity (Wildman–Crippen MR) is 118 cm³/mol. The Labute approximate surface area is 178 Å². The predicted octanol–water partition coefficient (Wildman–Crippen LogP) is 3.31. The Morgan fingerprint density at radius 2 is 1.87 bits per heavy atom. The van der Waals surface area contributed by atoms with E-state index in [1.165, 1.54) is 17.4 Å². The molecule has 30 heavy (non-hydrogen) atoms. The molecule has 0 radical (unpaired) electrons. The average molecular weight is 444 g/mol. The summed E-state index contributed by atoms with van der Waals surface area (Å²) in [5, 5.41) is 3.17. The van der Waals surface area contributed by atoms with Gasteiger partial charge in [0, 0.05) is 24.9 Å². The molecule has 0 saturated carbocycles. The van der Waals surface area contributed by atoms with Crippen molar-refractivity contribution in [3.05, 3.63) is 47.5 Å². The van der Waals surface area contributed by atoms with Gasteiger partial charge in [0.25, 0.3) is 0 Å². The number of carbonyl (C=O) groups is 2. The van der Waals surface area contributed by atoms with E-state index < -0.39 is 15.8 Å². The minimum absolute atomic E-state index is 0.0813. The van der Waals surface area contributed by atoms with Gasteiger partial charge in [0.05, 0.1) is 21.0 Å². The fourth-order valence-corrected chi connectivity index (χ4v) is 5.27. The molecule has 1 aliphatic rings. The van der Waals surface area contributed by atoms with Crippen molar-refractivity contribution >= 4 is 54.0 Å². The Bertz CT molecular complexity index is 1260. The quantitative estimate of drug-likeness (QED) is 0.667. The molecule has 2 aromatic carbocycles. The van der Waals surface area contributed by atoms with Crippen molar-refractivity contribution < 1.29 is 18.0 Å². The normalized spacial score (nSPS) is 17.0. The van der Waals surface area contributed by atoms with Gasteiger partial charge in [0.2, 0.25) is 11.8 Å². The van der Waals surface area contributed by atoms with Crippen LogP contribution in [-0.2, 0) is 19.4 Å². The Morgan fingerprint density at radius 1 is 1.17 bits per heavy atom.